The highest BCUT2D eigenvalue weighted by atomic mass is 32.2. The highest BCUT2D eigenvalue weighted by Gasteiger charge is 2.11. The predicted molar refractivity (Wildman–Crippen MR) is 102 cm³/mol. The molecule has 4 N–H and O–H groups in total. The van der Waals surface area contributed by atoms with Crippen molar-refractivity contribution in [2.24, 2.45) is 5.14 Å². The number of thiocarbonyl (C=S) groups is 1. The highest BCUT2D eigenvalue weighted by molar-refractivity contribution is 7.89. The number of nitrogens with two attached hydrogens (primary N) is 1. The molecule has 132 valence electrons. The Morgan fingerprint density at radius 3 is 2.12 bits per heavy atom. The van der Waals surface area contributed by atoms with E-state index in [9.17, 15) is 13.2 Å². The number of carbonyl (C=O) groups is 1. The number of hydrogen-bond acceptors (Lipinski definition) is 4. The molecule has 0 saturated heterocycles. The van der Waals surface area contributed by atoms with E-state index >= 15 is 0 Å². The molecule has 0 aliphatic heterocycles. The zero-order valence-corrected chi connectivity index (χ0v) is 15.4. The van der Waals surface area contributed by atoms with Gasteiger partial charge in [-0.3, -0.25) is 4.79 Å². The van der Waals surface area contributed by atoms with Crippen LogP contribution < -0.4 is 15.8 Å². The number of sulfonamides is 1. The van der Waals surface area contributed by atoms with E-state index in [0.717, 1.165) is 11.1 Å². The summed E-state index contributed by atoms with van der Waals surface area (Å²) in [4.78, 5) is 11.6. The first kappa shape index (κ1) is 19.0. The van der Waals surface area contributed by atoms with E-state index in [1.807, 2.05) is 19.1 Å². The van der Waals surface area contributed by atoms with E-state index in [2.05, 4.69) is 10.6 Å². The van der Waals surface area contributed by atoms with Gasteiger partial charge >= 0.3 is 0 Å². The number of rotatable bonds is 5. The van der Waals surface area contributed by atoms with E-state index in [4.69, 9.17) is 17.4 Å². The van der Waals surface area contributed by atoms with Crippen LogP contribution in [0, 0.1) is 0 Å². The third-order valence-corrected chi connectivity index (χ3v) is 4.81. The molecule has 1 amide bonds. The van der Waals surface area contributed by atoms with E-state index < -0.39 is 10.0 Å². The molecule has 0 bridgehead atoms. The Morgan fingerprint density at radius 2 is 1.64 bits per heavy atom. The lowest BCUT2D eigenvalue weighted by atomic mass is 10.1. The molecule has 2 aromatic carbocycles. The van der Waals surface area contributed by atoms with Crippen molar-refractivity contribution in [3.8, 4) is 0 Å². The van der Waals surface area contributed by atoms with Crippen molar-refractivity contribution in [2.45, 2.75) is 24.8 Å². The smallest absolute Gasteiger partial charge is 0.238 e. The lowest BCUT2D eigenvalue weighted by molar-refractivity contribution is -0.114. The van der Waals surface area contributed by atoms with Crippen LogP contribution in [0.2, 0.25) is 0 Å². The third kappa shape index (κ3) is 5.35. The molecule has 0 fully saturated rings. The average molecular weight is 377 g/mol. The first-order chi connectivity index (χ1) is 11.7. The number of hydrogen-bond donors (Lipinski definition) is 3. The molecule has 0 aromatic heterocycles. The van der Waals surface area contributed by atoms with Gasteiger partial charge in [0.15, 0.2) is 0 Å². The lowest BCUT2D eigenvalue weighted by Gasteiger charge is -2.17. The standard InChI is InChI=1S/C17H19N3O3S2/c1-11(13-5-9-16(10-6-13)25(18,22)23)19-17(24)14-3-7-15(8-4-14)20-12(2)21/h3-11H,1-2H3,(H,19,24)(H,20,21)(H2,18,22,23)/t11-/m0/s1. The van der Waals surface area contributed by atoms with Crippen LogP contribution in [0.25, 0.3) is 0 Å². The van der Waals surface area contributed by atoms with E-state index in [1.165, 1.54) is 19.1 Å². The molecule has 0 aliphatic rings. The Kier molecular flexibility index (Phi) is 5.89. The van der Waals surface area contributed by atoms with Crippen LogP contribution >= 0.6 is 12.2 Å². The Hall–Kier alpha value is -2.29. The molecule has 0 aliphatic carbocycles. The quantitative estimate of drug-likeness (QED) is 0.694. The van der Waals surface area contributed by atoms with Gasteiger partial charge in [0, 0.05) is 24.2 Å². The molecule has 0 saturated carbocycles. The summed E-state index contributed by atoms with van der Waals surface area (Å²) in [6.07, 6.45) is 0. The van der Waals surface area contributed by atoms with Crippen LogP contribution in [0.3, 0.4) is 0 Å². The van der Waals surface area contributed by atoms with Gasteiger partial charge in [0.1, 0.15) is 4.99 Å². The SMILES string of the molecule is CC(=O)Nc1ccc(C(=S)N[C@@H](C)c2ccc(S(N)(=O)=O)cc2)cc1. The van der Waals surface area contributed by atoms with Crippen molar-refractivity contribution < 1.29 is 13.2 Å². The fraction of sp³-hybridized carbons (Fsp3) is 0.176. The molecule has 8 heteroatoms. The van der Waals surface area contributed by atoms with Gasteiger partial charge in [-0.15, -0.1) is 0 Å². The van der Waals surface area contributed by atoms with Crippen LogP contribution in [-0.2, 0) is 14.8 Å². The van der Waals surface area contributed by atoms with Gasteiger partial charge < -0.3 is 10.6 Å². The molecule has 0 radical (unpaired) electrons. The zero-order chi connectivity index (χ0) is 18.6. The van der Waals surface area contributed by atoms with Crippen molar-refractivity contribution in [1.82, 2.24) is 5.32 Å². The Balaban J connectivity index is 2.05. The van der Waals surface area contributed by atoms with E-state index in [1.54, 1.807) is 24.3 Å². The monoisotopic (exact) mass is 377 g/mol. The maximum atomic E-state index is 11.3. The molecular formula is C17H19N3O3S2. The minimum Gasteiger partial charge on any atom is -0.369 e. The van der Waals surface area contributed by atoms with Crippen molar-refractivity contribution in [3.05, 3.63) is 59.7 Å². The molecule has 2 rings (SSSR count). The van der Waals surface area contributed by atoms with Gasteiger partial charge in [-0.25, -0.2) is 13.6 Å². The first-order valence-corrected chi connectivity index (χ1v) is 9.43. The number of anilines is 1. The molecule has 1 atom stereocenters. The summed E-state index contributed by atoms with van der Waals surface area (Å²) >= 11 is 5.40. The molecular weight excluding hydrogens is 358 g/mol. The maximum Gasteiger partial charge on any atom is 0.238 e. The summed E-state index contributed by atoms with van der Waals surface area (Å²) < 4.78 is 22.6. The fourth-order valence-corrected chi connectivity index (χ4v) is 3.05. The van der Waals surface area contributed by atoms with Crippen LogP contribution in [-0.4, -0.2) is 19.3 Å². The summed E-state index contributed by atoms with van der Waals surface area (Å²) in [5.74, 6) is -0.134. The average Bonchev–Trinajstić information content (AvgIpc) is 2.54. The molecule has 0 heterocycles. The minimum absolute atomic E-state index is 0.0691. The largest absolute Gasteiger partial charge is 0.369 e. The molecule has 0 unspecified atom stereocenters. The Morgan fingerprint density at radius 1 is 1.08 bits per heavy atom. The van der Waals surface area contributed by atoms with Crippen LogP contribution in [0.5, 0.6) is 0 Å². The second-order valence-corrected chi connectivity index (χ2v) is 7.54. The summed E-state index contributed by atoms with van der Waals surface area (Å²) in [7, 11) is -3.70. The molecule has 2 aromatic rings. The van der Waals surface area contributed by atoms with Gasteiger partial charge in [-0.2, -0.15) is 0 Å². The molecule has 0 spiro atoms. The number of nitrogens with one attached hydrogen (secondary N) is 2. The summed E-state index contributed by atoms with van der Waals surface area (Å²) in [6.45, 7) is 3.37. The van der Waals surface area contributed by atoms with Crippen molar-refractivity contribution in [3.63, 3.8) is 0 Å². The van der Waals surface area contributed by atoms with E-state index in [-0.39, 0.29) is 16.8 Å². The Bertz CT molecular complexity index is 876. The van der Waals surface area contributed by atoms with Crippen LogP contribution in [0.15, 0.2) is 53.4 Å². The summed E-state index contributed by atoms with van der Waals surface area (Å²) in [5, 5.41) is 11.0. The summed E-state index contributed by atoms with van der Waals surface area (Å²) in [6, 6.07) is 13.4. The number of benzene rings is 2. The van der Waals surface area contributed by atoms with Crippen LogP contribution in [0.4, 0.5) is 5.69 Å². The number of carbonyl (C=O) groups excluding carboxylic acids is 1. The normalized spacial score (nSPS) is 12.3. The third-order valence-electron chi connectivity index (χ3n) is 3.52. The van der Waals surface area contributed by atoms with Crippen molar-refractivity contribution in [2.75, 3.05) is 5.32 Å². The fourth-order valence-electron chi connectivity index (χ4n) is 2.22. The maximum absolute atomic E-state index is 11.3. The number of primary sulfonamides is 1. The Labute approximate surface area is 152 Å². The van der Waals surface area contributed by atoms with Crippen molar-refractivity contribution in [1.29, 1.82) is 0 Å². The van der Waals surface area contributed by atoms with Crippen molar-refractivity contribution >= 4 is 38.8 Å². The summed E-state index contributed by atoms with van der Waals surface area (Å²) in [5.41, 5.74) is 2.40. The van der Waals surface area contributed by atoms with Gasteiger partial charge in [0.05, 0.1) is 4.90 Å². The first-order valence-electron chi connectivity index (χ1n) is 7.48. The van der Waals surface area contributed by atoms with Crippen LogP contribution in [0.1, 0.15) is 31.0 Å². The van der Waals surface area contributed by atoms with Gasteiger partial charge in [-0.05, 0) is 48.9 Å². The van der Waals surface area contributed by atoms with E-state index in [0.29, 0.717) is 10.7 Å². The lowest BCUT2D eigenvalue weighted by Crippen LogP contribution is -2.25. The van der Waals surface area contributed by atoms with Gasteiger partial charge in [0.25, 0.3) is 0 Å². The highest BCUT2D eigenvalue weighted by Crippen LogP contribution is 2.17. The topological polar surface area (TPSA) is 101 Å². The van der Waals surface area contributed by atoms with Gasteiger partial charge in [0.2, 0.25) is 15.9 Å². The zero-order valence-electron chi connectivity index (χ0n) is 13.8. The van der Waals surface area contributed by atoms with Gasteiger partial charge in [-0.1, -0.05) is 24.4 Å². The second-order valence-electron chi connectivity index (χ2n) is 5.57. The second kappa shape index (κ2) is 7.73. The number of amides is 1. The minimum atomic E-state index is -3.70. The molecule has 25 heavy (non-hydrogen) atoms. The predicted octanol–water partition coefficient (Wildman–Crippen LogP) is 2.32. The molecule has 6 nitrogen and oxygen atoms in total.